The normalized spacial score (nSPS) is 21.9. The second-order valence-corrected chi connectivity index (χ2v) is 8.11. The Morgan fingerprint density at radius 1 is 1.43 bits per heavy atom. The van der Waals surface area contributed by atoms with Crippen LogP contribution in [0.25, 0.3) is 0 Å². The van der Waals surface area contributed by atoms with E-state index in [4.69, 9.17) is 21.3 Å². The number of nitrogens with one attached hydrogen (secondary N) is 1. The lowest BCUT2D eigenvalue weighted by molar-refractivity contribution is 0.181. The molecule has 2 saturated heterocycles. The SMILES string of the molecule is CCNC(=NCC(c1c(F)cccc1Cl)N1CCCC1)N(C)CC1CCOC1. The highest BCUT2D eigenvalue weighted by Gasteiger charge is 2.28. The molecule has 3 rings (SSSR count). The monoisotopic (exact) mass is 410 g/mol. The Morgan fingerprint density at radius 2 is 2.21 bits per heavy atom. The lowest BCUT2D eigenvalue weighted by Gasteiger charge is -2.29. The van der Waals surface area contributed by atoms with E-state index in [1.54, 1.807) is 12.1 Å². The summed E-state index contributed by atoms with van der Waals surface area (Å²) in [6.07, 6.45) is 3.35. The smallest absolute Gasteiger partial charge is 0.193 e. The lowest BCUT2D eigenvalue weighted by atomic mass is 10.0. The third kappa shape index (κ3) is 5.37. The Labute approximate surface area is 172 Å². The van der Waals surface area contributed by atoms with Gasteiger partial charge >= 0.3 is 0 Å². The van der Waals surface area contributed by atoms with Gasteiger partial charge in [0.15, 0.2) is 5.96 Å². The van der Waals surface area contributed by atoms with Crippen LogP contribution in [0, 0.1) is 11.7 Å². The predicted molar refractivity (Wildman–Crippen MR) is 112 cm³/mol. The van der Waals surface area contributed by atoms with Crippen molar-refractivity contribution in [2.75, 3.05) is 53.0 Å². The van der Waals surface area contributed by atoms with Crippen LogP contribution >= 0.6 is 11.6 Å². The number of likely N-dealkylation sites (tertiary alicyclic amines) is 1. The molecular formula is C21H32ClFN4O. The Kier molecular flexibility index (Phi) is 7.94. The standard InChI is InChI=1S/C21H32ClFN4O/c1-3-24-21(26(2)14-16-9-12-28-15-16)25-13-19(27-10-4-5-11-27)20-17(22)7-6-8-18(20)23/h6-8,16,19H,3-5,9-15H2,1-2H3,(H,24,25). The van der Waals surface area contributed by atoms with Crippen LogP contribution in [-0.2, 0) is 4.74 Å². The first kappa shape index (κ1) is 21.3. The van der Waals surface area contributed by atoms with Gasteiger partial charge in [-0.05, 0) is 51.4 Å². The van der Waals surface area contributed by atoms with Crippen LogP contribution in [0.4, 0.5) is 4.39 Å². The Balaban J connectivity index is 1.79. The van der Waals surface area contributed by atoms with E-state index in [9.17, 15) is 4.39 Å². The summed E-state index contributed by atoms with van der Waals surface area (Å²) in [4.78, 5) is 9.35. The molecule has 2 atom stereocenters. The molecule has 0 radical (unpaired) electrons. The molecule has 2 fully saturated rings. The van der Waals surface area contributed by atoms with Gasteiger partial charge in [-0.1, -0.05) is 17.7 Å². The highest BCUT2D eigenvalue weighted by Crippen LogP contribution is 2.32. The molecule has 0 aliphatic carbocycles. The van der Waals surface area contributed by atoms with E-state index in [2.05, 4.69) is 29.1 Å². The molecule has 0 spiro atoms. The topological polar surface area (TPSA) is 40.1 Å². The largest absolute Gasteiger partial charge is 0.381 e. The maximum absolute atomic E-state index is 14.7. The number of aliphatic imine (C=N–C) groups is 1. The molecule has 156 valence electrons. The van der Waals surface area contributed by atoms with E-state index >= 15 is 0 Å². The Morgan fingerprint density at radius 3 is 2.86 bits per heavy atom. The molecule has 0 aromatic heterocycles. The molecule has 2 unspecified atom stereocenters. The van der Waals surface area contributed by atoms with Gasteiger partial charge in [-0.25, -0.2) is 4.39 Å². The van der Waals surface area contributed by atoms with Crippen LogP contribution in [0.5, 0.6) is 0 Å². The van der Waals surface area contributed by atoms with Gasteiger partial charge in [0, 0.05) is 43.2 Å². The molecule has 5 nitrogen and oxygen atoms in total. The Bertz CT molecular complexity index is 640. The highest BCUT2D eigenvalue weighted by atomic mass is 35.5. The molecular weight excluding hydrogens is 379 g/mol. The molecule has 2 heterocycles. The van der Waals surface area contributed by atoms with Crippen LogP contribution in [0.1, 0.15) is 37.8 Å². The summed E-state index contributed by atoms with van der Waals surface area (Å²) < 4.78 is 20.2. The lowest BCUT2D eigenvalue weighted by Crippen LogP contribution is -2.42. The average Bonchev–Trinajstić information content (AvgIpc) is 3.37. The van der Waals surface area contributed by atoms with Crippen molar-refractivity contribution in [2.24, 2.45) is 10.9 Å². The zero-order valence-electron chi connectivity index (χ0n) is 17.0. The van der Waals surface area contributed by atoms with Gasteiger partial charge in [0.25, 0.3) is 0 Å². The number of hydrogen-bond acceptors (Lipinski definition) is 3. The summed E-state index contributed by atoms with van der Waals surface area (Å²) in [5.74, 6) is 1.14. The molecule has 0 amide bonds. The highest BCUT2D eigenvalue weighted by molar-refractivity contribution is 6.31. The Hall–Kier alpha value is -1.37. The zero-order chi connectivity index (χ0) is 19.9. The summed E-state index contributed by atoms with van der Waals surface area (Å²) in [6.45, 7) is 7.80. The van der Waals surface area contributed by atoms with Crippen LogP contribution in [0.3, 0.4) is 0 Å². The third-order valence-electron chi connectivity index (χ3n) is 5.58. The number of ether oxygens (including phenoxy) is 1. The van der Waals surface area contributed by atoms with E-state index in [0.29, 0.717) is 23.0 Å². The van der Waals surface area contributed by atoms with Gasteiger partial charge < -0.3 is 15.0 Å². The van der Waals surface area contributed by atoms with Gasteiger partial charge in [-0.3, -0.25) is 9.89 Å². The number of rotatable bonds is 7. The molecule has 0 bridgehead atoms. The summed E-state index contributed by atoms with van der Waals surface area (Å²) in [5, 5.41) is 3.85. The predicted octanol–water partition coefficient (Wildman–Crippen LogP) is 3.55. The van der Waals surface area contributed by atoms with Crippen molar-refractivity contribution in [2.45, 2.75) is 32.2 Å². The molecule has 7 heteroatoms. The van der Waals surface area contributed by atoms with Crippen LogP contribution < -0.4 is 5.32 Å². The van der Waals surface area contributed by atoms with E-state index in [1.807, 2.05) is 0 Å². The van der Waals surface area contributed by atoms with Crippen molar-refractivity contribution in [3.63, 3.8) is 0 Å². The molecule has 1 aromatic carbocycles. The molecule has 28 heavy (non-hydrogen) atoms. The fraction of sp³-hybridized carbons (Fsp3) is 0.667. The minimum atomic E-state index is -0.249. The van der Waals surface area contributed by atoms with Crippen molar-refractivity contribution < 1.29 is 9.13 Å². The van der Waals surface area contributed by atoms with Gasteiger partial charge in [0.05, 0.1) is 19.2 Å². The van der Waals surface area contributed by atoms with E-state index in [1.165, 1.54) is 6.07 Å². The number of nitrogens with zero attached hydrogens (tertiary/aromatic N) is 3. The van der Waals surface area contributed by atoms with Gasteiger partial charge in [0.2, 0.25) is 0 Å². The second-order valence-electron chi connectivity index (χ2n) is 7.70. The number of halogens is 2. The van der Waals surface area contributed by atoms with Crippen LogP contribution in [0.15, 0.2) is 23.2 Å². The summed E-state index contributed by atoms with van der Waals surface area (Å²) in [5.41, 5.74) is 0.567. The number of hydrogen-bond donors (Lipinski definition) is 1. The van der Waals surface area contributed by atoms with E-state index < -0.39 is 0 Å². The maximum Gasteiger partial charge on any atom is 0.193 e. The average molecular weight is 411 g/mol. The van der Waals surface area contributed by atoms with Crippen LogP contribution in [0.2, 0.25) is 5.02 Å². The minimum Gasteiger partial charge on any atom is -0.381 e. The first-order valence-electron chi connectivity index (χ1n) is 10.3. The molecule has 2 aliphatic rings. The zero-order valence-corrected chi connectivity index (χ0v) is 17.7. The number of benzene rings is 1. The van der Waals surface area contributed by atoms with Gasteiger partial charge in [-0.2, -0.15) is 0 Å². The van der Waals surface area contributed by atoms with Crippen molar-refractivity contribution in [1.29, 1.82) is 0 Å². The molecule has 1 N–H and O–H groups in total. The fourth-order valence-corrected chi connectivity index (χ4v) is 4.40. The minimum absolute atomic E-state index is 0.145. The van der Waals surface area contributed by atoms with Crippen molar-refractivity contribution >= 4 is 17.6 Å². The third-order valence-corrected chi connectivity index (χ3v) is 5.91. The van der Waals surface area contributed by atoms with Crippen molar-refractivity contribution in [3.8, 4) is 0 Å². The van der Waals surface area contributed by atoms with E-state index in [-0.39, 0.29) is 11.9 Å². The molecule has 2 aliphatic heterocycles. The second kappa shape index (κ2) is 10.4. The van der Waals surface area contributed by atoms with Gasteiger partial charge in [-0.15, -0.1) is 0 Å². The van der Waals surface area contributed by atoms with Gasteiger partial charge in [0.1, 0.15) is 5.82 Å². The fourth-order valence-electron chi connectivity index (χ4n) is 4.12. The van der Waals surface area contributed by atoms with Crippen molar-refractivity contribution in [1.82, 2.24) is 15.1 Å². The molecule has 1 aromatic rings. The number of guanidine groups is 1. The first-order valence-corrected chi connectivity index (χ1v) is 10.7. The maximum atomic E-state index is 14.7. The summed E-state index contributed by atoms with van der Waals surface area (Å²) in [6, 6.07) is 4.77. The first-order chi connectivity index (χ1) is 13.6. The van der Waals surface area contributed by atoms with Crippen LogP contribution in [-0.4, -0.2) is 68.7 Å². The summed E-state index contributed by atoms with van der Waals surface area (Å²) in [7, 11) is 2.06. The quantitative estimate of drug-likeness (QED) is 0.551. The van der Waals surface area contributed by atoms with Crippen molar-refractivity contribution in [3.05, 3.63) is 34.6 Å². The summed E-state index contributed by atoms with van der Waals surface area (Å²) >= 11 is 6.40. The van der Waals surface area contributed by atoms with E-state index in [0.717, 1.165) is 64.6 Å². The molecule has 0 saturated carbocycles.